The molecular formula is C41H48ClN7O14S. The van der Waals surface area contributed by atoms with Gasteiger partial charge in [-0.05, 0) is 86.4 Å². The van der Waals surface area contributed by atoms with E-state index in [0.717, 1.165) is 22.2 Å². The number of non-ortho nitro benzene ring substituents is 1. The topological polar surface area (TPSA) is 256 Å². The fourth-order valence-electron chi connectivity index (χ4n) is 6.25. The maximum absolute atomic E-state index is 14.1. The highest BCUT2D eigenvalue weighted by Gasteiger charge is 2.60. The summed E-state index contributed by atoms with van der Waals surface area (Å²) in [5, 5.41) is 24.9. The van der Waals surface area contributed by atoms with Crippen LogP contribution in [0.4, 0.5) is 25.9 Å². The van der Waals surface area contributed by atoms with Gasteiger partial charge in [-0.25, -0.2) is 29.1 Å². The number of hydrogen-bond donors (Lipinski definition) is 1. The Kier molecular flexibility index (Phi) is 14.3. The van der Waals surface area contributed by atoms with E-state index in [2.05, 4.69) is 25.9 Å². The number of nitro benzene ring substituents is 1. The first kappa shape index (κ1) is 49.0. The standard InChI is InChI=1S/C41H48ClN7O14S/c1-12-40(54)26(19-58-41(32(50)57-13-2,25-20-64-22-44-25)18-23-14-16-24(17-15-23)49(55)56)59-31(28(40)60-36(53)63-39(9,10)11)47-21-43-27-29(47)45-33(42)46-30(27)48(34(51)61-37(3,4)5)35(52)62-38(6,7)8/h1,14-17,20-22,26,28,31,54H,13,18-19H2,2-11H3/t26-,28+,31-,40-,41?/m1/s1. The zero-order chi connectivity index (χ0) is 47.6. The van der Waals surface area contributed by atoms with E-state index in [-0.39, 0.29) is 35.6 Å². The predicted molar refractivity (Wildman–Crippen MR) is 227 cm³/mol. The van der Waals surface area contributed by atoms with Crippen molar-refractivity contribution in [2.45, 2.75) is 122 Å². The molecule has 1 saturated heterocycles. The lowest BCUT2D eigenvalue weighted by atomic mass is 9.90. The number of thiazole rings is 1. The molecule has 4 heterocycles. The maximum Gasteiger partial charge on any atom is 0.509 e. The summed E-state index contributed by atoms with van der Waals surface area (Å²) in [6.45, 7) is 15.0. The fraction of sp³-hybridized carbons (Fsp3) is 0.512. The van der Waals surface area contributed by atoms with E-state index in [4.69, 9.17) is 51.2 Å². The lowest BCUT2D eigenvalue weighted by Gasteiger charge is -2.33. The van der Waals surface area contributed by atoms with Crippen LogP contribution in [0.25, 0.3) is 11.2 Å². The molecule has 0 aliphatic carbocycles. The third-order valence-corrected chi connectivity index (χ3v) is 9.63. The number of esters is 1. The van der Waals surface area contributed by atoms with E-state index in [0.29, 0.717) is 10.5 Å². The summed E-state index contributed by atoms with van der Waals surface area (Å²) in [5.41, 5.74) is -6.65. The van der Waals surface area contributed by atoms with Gasteiger partial charge in [0.2, 0.25) is 10.9 Å². The van der Waals surface area contributed by atoms with Crippen molar-refractivity contribution < 1.29 is 62.4 Å². The number of rotatable bonds is 12. The molecule has 1 aliphatic heterocycles. The molecule has 5 atom stereocenters. The van der Waals surface area contributed by atoms with Gasteiger partial charge in [-0.2, -0.15) is 14.9 Å². The summed E-state index contributed by atoms with van der Waals surface area (Å²) in [4.78, 5) is 83.3. The SMILES string of the molecule is C#C[C@@]1(O)[C@@H](COC(Cc2ccc([N+](=O)[O-])cc2)(C(=O)OCC)c2cscn2)O[C@@H](n2cnc3c(N(C(=O)OC(C)(C)C)C(=O)OC(C)(C)C)nc(Cl)nc32)[C@@H]1OC(=O)OC(C)(C)C. The Labute approximate surface area is 376 Å². The second kappa shape index (κ2) is 18.6. The van der Waals surface area contributed by atoms with Crippen LogP contribution in [0, 0.1) is 22.5 Å². The highest BCUT2D eigenvalue weighted by atomic mass is 35.5. The number of imidazole rings is 1. The number of terminal acetylenes is 1. The summed E-state index contributed by atoms with van der Waals surface area (Å²) in [7, 11) is 0. The number of anilines is 1. The molecule has 3 aromatic heterocycles. The molecule has 23 heteroatoms. The number of ether oxygens (including phenoxy) is 7. The summed E-state index contributed by atoms with van der Waals surface area (Å²) in [5.74, 6) is 0.880. The van der Waals surface area contributed by atoms with E-state index in [1.807, 2.05) is 0 Å². The first-order valence-corrected chi connectivity index (χ1v) is 20.9. The molecule has 64 heavy (non-hydrogen) atoms. The van der Waals surface area contributed by atoms with Crippen molar-refractivity contribution in [3.8, 4) is 12.3 Å². The largest absolute Gasteiger partial charge is 0.509 e. The molecule has 1 unspecified atom stereocenters. The van der Waals surface area contributed by atoms with Gasteiger partial charge in [-0.1, -0.05) is 18.1 Å². The highest BCUT2D eigenvalue weighted by Crippen LogP contribution is 2.43. The van der Waals surface area contributed by atoms with Crippen molar-refractivity contribution in [1.29, 1.82) is 0 Å². The van der Waals surface area contributed by atoms with Crippen LogP contribution in [0.3, 0.4) is 0 Å². The number of imide groups is 1. The van der Waals surface area contributed by atoms with Gasteiger partial charge in [0.1, 0.15) is 22.9 Å². The van der Waals surface area contributed by atoms with E-state index in [1.165, 1.54) is 29.8 Å². The zero-order valence-corrected chi connectivity index (χ0v) is 38.2. The minimum atomic E-state index is -2.59. The van der Waals surface area contributed by atoms with Gasteiger partial charge < -0.3 is 38.3 Å². The van der Waals surface area contributed by atoms with E-state index >= 15 is 0 Å². The molecule has 21 nitrogen and oxygen atoms in total. The Morgan fingerprint density at radius 3 is 2.12 bits per heavy atom. The number of aromatic nitrogens is 5. The van der Waals surface area contributed by atoms with Crippen LogP contribution in [-0.4, -0.2) is 107 Å². The lowest BCUT2D eigenvalue weighted by Crippen LogP contribution is -2.52. The van der Waals surface area contributed by atoms with E-state index in [1.54, 1.807) is 74.6 Å². The molecule has 344 valence electrons. The first-order chi connectivity index (χ1) is 29.7. The predicted octanol–water partition coefficient (Wildman–Crippen LogP) is 6.82. The molecular weight excluding hydrogens is 882 g/mol. The van der Waals surface area contributed by atoms with Crippen molar-refractivity contribution in [2.24, 2.45) is 0 Å². The number of fused-ring (bicyclic) bond motifs is 1. The van der Waals surface area contributed by atoms with E-state index < -0.39 is 93.4 Å². The normalized spacial score (nSPS) is 19.8. The quantitative estimate of drug-likeness (QED) is 0.0382. The molecule has 0 bridgehead atoms. The highest BCUT2D eigenvalue weighted by molar-refractivity contribution is 7.07. The van der Waals surface area contributed by atoms with Crippen LogP contribution in [-0.2, 0) is 50.0 Å². The van der Waals surface area contributed by atoms with Crippen molar-refractivity contribution in [3.05, 3.63) is 68.1 Å². The molecule has 0 saturated carbocycles. The molecule has 0 spiro atoms. The third-order valence-electron chi connectivity index (χ3n) is 8.88. The van der Waals surface area contributed by atoms with Gasteiger partial charge in [-0.15, -0.1) is 17.8 Å². The van der Waals surface area contributed by atoms with Gasteiger partial charge in [0.05, 0.1) is 35.7 Å². The molecule has 1 aromatic carbocycles. The number of nitrogens with zero attached hydrogens (tertiary/aromatic N) is 7. The Hall–Kier alpha value is -5.99. The van der Waals surface area contributed by atoms with Gasteiger partial charge in [-0.3, -0.25) is 14.7 Å². The smallest absolute Gasteiger partial charge is 0.464 e. The van der Waals surface area contributed by atoms with Crippen LogP contribution in [0.2, 0.25) is 5.28 Å². The van der Waals surface area contributed by atoms with Crippen LogP contribution < -0.4 is 4.90 Å². The Morgan fingerprint density at radius 1 is 1.00 bits per heavy atom. The molecule has 0 radical (unpaired) electrons. The van der Waals surface area contributed by atoms with Crippen LogP contribution in [0.15, 0.2) is 41.5 Å². The molecule has 1 aliphatic rings. The van der Waals surface area contributed by atoms with Crippen molar-refractivity contribution >= 4 is 69.9 Å². The molecule has 1 N–H and O–H groups in total. The fourth-order valence-corrected chi connectivity index (χ4v) is 7.03. The van der Waals surface area contributed by atoms with Crippen LogP contribution in [0.1, 0.15) is 86.7 Å². The average Bonchev–Trinajstić information content (AvgIpc) is 3.91. The third kappa shape index (κ3) is 11.0. The number of halogens is 1. The number of carbonyl (C=O) groups excluding carboxylic acids is 4. The number of nitro groups is 1. The summed E-state index contributed by atoms with van der Waals surface area (Å²) < 4.78 is 41.7. The number of carbonyl (C=O) groups is 4. The van der Waals surface area contributed by atoms with Gasteiger partial charge in [0.15, 0.2) is 34.9 Å². The molecule has 1 fully saturated rings. The maximum atomic E-state index is 14.1. The number of hydrogen-bond acceptors (Lipinski definition) is 19. The van der Waals surface area contributed by atoms with Crippen molar-refractivity contribution in [3.63, 3.8) is 0 Å². The Morgan fingerprint density at radius 2 is 1.61 bits per heavy atom. The van der Waals surface area contributed by atoms with Crippen LogP contribution >= 0.6 is 22.9 Å². The van der Waals surface area contributed by atoms with Crippen LogP contribution in [0.5, 0.6) is 0 Å². The minimum absolute atomic E-state index is 0.0875. The first-order valence-electron chi connectivity index (χ1n) is 19.6. The summed E-state index contributed by atoms with van der Waals surface area (Å²) in [6.07, 6.45) is -1.98. The second-order valence-corrected chi connectivity index (χ2v) is 18.3. The second-order valence-electron chi connectivity index (χ2n) is 17.3. The van der Waals surface area contributed by atoms with Crippen molar-refractivity contribution in [1.82, 2.24) is 24.5 Å². The number of benzene rings is 1. The lowest BCUT2D eigenvalue weighted by molar-refractivity contribution is -0.384. The number of aliphatic hydroxyl groups is 1. The van der Waals surface area contributed by atoms with E-state index in [9.17, 15) is 34.4 Å². The van der Waals surface area contributed by atoms with Gasteiger partial charge >= 0.3 is 24.3 Å². The molecule has 2 amide bonds. The summed E-state index contributed by atoms with van der Waals surface area (Å²) in [6, 6.07) is 5.38. The Balaban J connectivity index is 1.65. The number of amides is 2. The zero-order valence-electron chi connectivity index (χ0n) is 36.6. The minimum Gasteiger partial charge on any atom is -0.464 e. The molecule has 4 aromatic rings. The molecule has 5 rings (SSSR count). The van der Waals surface area contributed by atoms with Crippen molar-refractivity contribution in [2.75, 3.05) is 18.1 Å². The van der Waals surface area contributed by atoms with Gasteiger partial charge in [0, 0.05) is 23.9 Å². The summed E-state index contributed by atoms with van der Waals surface area (Å²) >= 11 is 7.59. The Bertz CT molecular complexity index is 2390. The monoisotopic (exact) mass is 929 g/mol. The average molecular weight is 930 g/mol. The van der Waals surface area contributed by atoms with Gasteiger partial charge in [0.25, 0.3) is 5.69 Å².